The molecule has 2 aromatic heterocycles. The molecule has 2 rings (SSSR count). The number of hydrogen-bond donors (Lipinski definition) is 1. The molecule has 4 heteroatoms. The number of rotatable bonds is 3. The van der Waals surface area contributed by atoms with Gasteiger partial charge in [-0.3, -0.25) is 0 Å². The second-order valence-electron chi connectivity index (χ2n) is 3.62. The van der Waals surface area contributed by atoms with Crippen LogP contribution in [0.1, 0.15) is 17.8 Å². The Kier molecular flexibility index (Phi) is 3.07. The summed E-state index contributed by atoms with van der Waals surface area (Å²) in [6.07, 6.45) is 3.94. The first-order valence-electron chi connectivity index (χ1n) is 5.06. The molecule has 0 atom stereocenters. The Balaban J connectivity index is 2.53. The van der Waals surface area contributed by atoms with E-state index in [1.165, 1.54) is 5.56 Å². The molecule has 0 amide bonds. The highest BCUT2D eigenvalue weighted by Gasteiger charge is 2.09. The molecule has 0 saturated heterocycles. The number of pyridine rings is 1. The number of imidazole rings is 1. The Labute approximate surface area is 97.4 Å². The van der Waals surface area contributed by atoms with E-state index in [9.17, 15) is 0 Å². The minimum Gasteiger partial charge on any atom is -0.330 e. The van der Waals surface area contributed by atoms with E-state index in [4.69, 9.17) is 5.73 Å². The SMILES string of the molecule is Cc1cccn2c(CCCN)nc(Br)c12. The lowest BCUT2D eigenvalue weighted by molar-refractivity contribution is 0.777. The molecule has 0 radical (unpaired) electrons. The average Bonchev–Trinajstić information content (AvgIpc) is 2.54. The van der Waals surface area contributed by atoms with Crippen molar-refractivity contribution in [3.05, 3.63) is 34.3 Å². The van der Waals surface area contributed by atoms with Crippen molar-refractivity contribution in [2.75, 3.05) is 6.54 Å². The first-order valence-corrected chi connectivity index (χ1v) is 5.85. The van der Waals surface area contributed by atoms with Crippen molar-refractivity contribution in [3.63, 3.8) is 0 Å². The number of fused-ring (bicyclic) bond motifs is 1. The molecule has 0 aliphatic heterocycles. The maximum Gasteiger partial charge on any atom is 0.132 e. The van der Waals surface area contributed by atoms with Crippen LogP contribution in [-0.2, 0) is 6.42 Å². The number of nitrogens with two attached hydrogens (primary N) is 1. The van der Waals surface area contributed by atoms with E-state index in [1.54, 1.807) is 0 Å². The van der Waals surface area contributed by atoms with E-state index in [0.29, 0.717) is 6.54 Å². The molecule has 0 saturated carbocycles. The van der Waals surface area contributed by atoms with Crippen molar-refractivity contribution in [2.45, 2.75) is 19.8 Å². The second-order valence-corrected chi connectivity index (χ2v) is 4.37. The first kappa shape index (κ1) is 10.6. The summed E-state index contributed by atoms with van der Waals surface area (Å²) in [6, 6.07) is 4.14. The van der Waals surface area contributed by atoms with Gasteiger partial charge in [-0.25, -0.2) is 4.98 Å². The summed E-state index contributed by atoms with van der Waals surface area (Å²) >= 11 is 3.50. The minimum atomic E-state index is 0.707. The number of hydrogen-bond acceptors (Lipinski definition) is 2. The van der Waals surface area contributed by atoms with Gasteiger partial charge in [0.05, 0.1) is 5.52 Å². The van der Waals surface area contributed by atoms with Crippen molar-refractivity contribution < 1.29 is 0 Å². The fourth-order valence-corrected chi connectivity index (χ4v) is 2.46. The molecular weight excluding hydrogens is 254 g/mol. The lowest BCUT2D eigenvalue weighted by Gasteiger charge is -2.01. The fraction of sp³-hybridized carbons (Fsp3) is 0.364. The van der Waals surface area contributed by atoms with Gasteiger partial charge in [-0.15, -0.1) is 0 Å². The Morgan fingerprint density at radius 3 is 3.07 bits per heavy atom. The van der Waals surface area contributed by atoms with Gasteiger partial charge >= 0.3 is 0 Å². The summed E-state index contributed by atoms with van der Waals surface area (Å²) in [7, 11) is 0. The van der Waals surface area contributed by atoms with Crippen LogP contribution in [0.25, 0.3) is 5.52 Å². The van der Waals surface area contributed by atoms with Crippen molar-refractivity contribution >= 4 is 21.4 Å². The molecule has 0 bridgehead atoms. The molecule has 15 heavy (non-hydrogen) atoms. The lowest BCUT2D eigenvalue weighted by Crippen LogP contribution is -2.03. The first-order chi connectivity index (χ1) is 7.24. The Morgan fingerprint density at radius 1 is 1.53 bits per heavy atom. The molecule has 0 unspecified atom stereocenters. The van der Waals surface area contributed by atoms with Crippen LogP contribution in [0, 0.1) is 6.92 Å². The van der Waals surface area contributed by atoms with Crippen LogP contribution in [0.3, 0.4) is 0 Å². The van der Waals surface area contributed by atoms with Gasteiger partial charge in [-0.1, -0.05) is 6.07 Å². The zero-order valence-corrected chi connectivity index (χ0v) is 10.3. The van der Waals surface area contributed by atoms with Gasteiger partial charge < -0.3 is 10.1 Å². The summed E-state index contributed by atoms with van der Waals surface area (Å²) in [6.45, 7) is 2.80. The zero-order chi connectivity index (χ0) is 10.8. The monoisotopic (exact) mass is 267 g/mol. The topological polar surface area (TPSA) is 43.3 Å². The molecule has 0 aromatic carbocycles. The van der Waals surface area contributed by atoms with Crippen molar-refractivity contribution in [1.82, 2.24) is 9.38 Å². The van der Waals surface area contributed by atoms with Crippen molar-refractivity contribution in [3.8, 4) is 0 Å². The molecule has 0 spiro atoms. The van der Waals surface area contributed by atoms with E-state index in [-0.39, 0.29) is 0 Å². The molecule has 0 aliphatic rings. The number of halogens is 1. The smallest absolute Gasteiger partial charge is 0.132 e. The molecule has 0 aliphatic carbocycles. The van der Waals surface area contributed by atoms with Crippen LogP contribution in [0.2, 0.25) is 0 Å². The maximum atomic E-state index is 5.51. The molecule has 2 N–H and O–H groups in total. The standard InChI is InChI=1S/C11H14BrN3/c1-8-4-3-7-15-9(5-2-6-13)14-11(12)10(8)15/h3-4,7H,2,5-6,13H2,1H3. The van der Waals surface area contributed by atoms with Gasteiger partial charge in [-0.2, -0.15) is 0 Å². The molecule has 80 valence electrons. The van der Waals surface area contributed by atoms with Crippen LogP contribution in [0.5, 0.6) is 0 Å². The Morgan fingerprint density at radius 2 is 2.33 bits per heavy atom. The molecule has 2 aromatic rings. The maximum absolute atomic E-state index is 5.51. The number of aromatic nitrogens is 2. The lowest BCUT2D eigenvalue weighted by atomic mass is 10.2. The molecule has 3 nitrogen and oxygen atoms in total. The molecule has 2 heterocycles. The summed E-state index contributed by atoms with van der Waals surface area (Å²) in [5.74, 6) is 1.08. The van der Waals surface area contributed by atoms with Gasteiger partial charge in [0.2, 0.25) is 0 Å². The highest BCUT2D eigenvalue weighted by atomic mass is 79.9. The predicted octanol–water partition coefficient (Wildman–Crippen LogP) is 2.30. The second kappa shape index (κ2) is 4.33. The fourth-order valence-electron chi connectivity index (χ4n) is 1.75. The van der Waals surface area contributed by atoms with E-state index in [0.717, 1.165) is 28.8 Å². The van der Waals surface area contributed by atoms with Gasteiger partial charge in [-0.05, 0) is 47.4 Å². The van der Waals surface area contributed by atoms with Crippen LogP contribution < -0.4 is 5.73 Å². The minimum absolute atomic E-state index is 0.707. The summed E-state index contributed by atoms with van der Waals surface area (Å²) in [5, 5.41) is 0. The van der Waals surface area contributed by atoms with Crippen LogP contribution >= 0.6 is 15.9 Å². The summed E-state index contributed by atoms with van der Waals surface area (Å²) in [5.41, 5.74) is 7.90. The average molecular weight is 268 g/mol. The largest absolute Gasteiger partial charge is 0.330 e. The highest BCUT2D eigenvalue weighted by Crippen LogP contribution is 2.22. The zero-order valence-electron chi connectivity index (χ0n) is 8.70. The third kappa shape index (κ3) is 1.92. The normalized spacial score (nSPS) is 11.1. The van der Waals surface area contributed by atoms with Crippen molar-refractivity contribution in [2.24, 2.45) is 5.73 Å². The Hall–Kier alpha value is -0.870. The van der Waals surface area contributed by atoms with Crippen LogP contribution in [-0.4, -0.2) is 15.9 Å². The predicted molar refractivity (Wildman–Crippen MR) is 65.0 cm³/mol. The van der Waals surface area contributed by atoms with Gasteiger partial charge in [0.1, 0.15) is 10.4 Å². The van der Waals surface area contributed by atoms with Gasteiger partial charge in [0.25, 0.3) is 0 Å². The van der Waals surface area contributed by atoms with Gasteiger partial charge in [0.15, 0.2) is 0 Å². The van der Waals surface area contributed by atoms with E-state index >= 15 is 0 Å². The molecular formula is C11H14BrN3. The van der Waals surface area contributed by atoms with Crippen molar-refractivity contribution in [1.29, 1.82) is 0 Å². The highest BCUT2D eigenvalue weighted by molar-refractivity contribution is 9.10. The summed E-state index contributed by atoms with van der Waals surface area (Å²) < 4.78 is 3.06. The van der Waals surface area contributed by atoms with Crippen LogP contribution in [0.4, 0.5) is 0 Å². The third-order valence-electron chi connectivity index (χ3n) is 2.50. The third-order valence-corrected chi connectivity index (χ3v) is 3.05. The van der Waals surface area contributed by atoms with E-state index in [1.807, 2.05) is 12.3 Å². The summed E-state index contributed by atoms with van der Waals surface area (Å²) in [4.78, 5) is 4.51. The van der Waals surface area contributed by atoms with Crippen LogP contribution in [0.15, 0.2) is 22.9 Å². The quantitative estimate of drug-likeness (QED) is 0.928. The number of aryl methyl sites for hydroxylation is 2. The number of nitrogens with zero attached hydrogens (tertiary/aromatic N) is 2. The Bertz CT molecular complexity index is 476. The molecule has 0 fully saturated rings. The van der Waals surface area contributed by atoms with E-state index < -0.39 is 0 Å². The van der Waals surface area contributed by atoms with E-state index in [2.05, 4.69) is 38.3 Å². The van der Waals surface area contributed by atoms with Gasteiger partial charge in [0, 0.05) is 12.6 Å².